The lowest BCUT2D eigenvalue weighted by atomic mass is 9.95. The number of methoxy groups -OCH3 is 1. The zero-order valence-electron chi connectivity index (χ0n) is 24.1. The Bertz CT molecular complexity index is 1600. The molecule has 4 aromatic rings. The number of H-pyrrole nitrogens is 1. The normalized spacial score (nSPS) is 15.0. The van der Waals surface area contributed by atoms with Crippen LogP contribution >= 0.6 is 0 Å². The van der Waals surface area contributed by atoms with Gasteiger partial charge in [-0.15, -0.1) is 0 Å². The monoisotopic (exact) mass is 588 g/mol. The van der Waals surface area contributed by atoms with Crippen molar-refractivity contribution in [2.75, 3.05) is 33.4 Å². The molecule has 1 amide bonds. The second-order valence-electron chi connectivity index (χ2n) is 10.4. The number of rotatable bonds is 11. The molecule has 10 heteroatoms. The molecule has 2 heterocycles. The van der Waals surface area contributed by atoms with Gasteiger partial charge in [-0.05, 0) is 48.2 Å². The number of carbonyl (C=O) groups excluding carboxylic acids is 1. The Morgan fingerprint density at radius 2 is 1.71 bits per heavy atom. The summed E-state index contributed by atoms with van der Waals surface area (Å²) in [6.07, 6.45) is 2.34. The number of imidazole rings is 1. The largest absolute Gasteiger partial charge is 0.497 e. The first kappa shape index (κ1) is 29.5. The smallest absolute Gasteiger partial charge is 0.249 e. The molecule has 0 aliphatic carbocycles. The highest BCUT2D eigenvalue weighted by Crippen LogP contribution is 2.33. The van der Waals surface area contributed by atoms with Gasteiger partial charge >= 0.3 is 0 Å². The summed E-state index contributed by atoms with van der Waals surface area (Å²) in [5.41, 5.74) is 4.91. The van der Waals surface area contributed by atoms with E-state index in [2.05, 4.69) is 9.97 Å². The average molecular weight is 589 g/mol. The summed E-state index contributed by atoms with van der Waals surface area (Å²) in [5, 5.41) is 0. The molecular weight excluding hydrogens is 552 g/mol. The van der Waals surface area contributed by atoms with E-state index < -0.39 is 10.0 Å². The third kappa shape index (κ3) is 6.25. The molecule has 1 aliphatic rings. The third-order valence-electron chi connectivity index (χ3n) is 7.54. The van der Waals surface area contributed by atoms with Crippen LogP contribution in [0.25, 0.3) is 0 Å². The Morgan fingerprint density at radius 3 is 2.38 bits per heavy atom. The number of fused-ring (bicyclic) bond motifs is 1. The first-order chi connectivity index (χ1) is 20.3. The summed E-state index contributed by atoms with van der Waals surface area (Å²) in [5.74, 6) is 0.436. The van der Waals surface area contributed by atoms with Gasteiger partial charge in [-0.3, -0.25) is 4.79 Å². The van der Waals surface area contributed by atoms with Gasteiger partial charge in [-0.2, -0.15) is 4.31 Å². The molecule has 5 rings (SSSR count). The summed E-state index contributed by atoms with van der Waals surface area (Å²) in [7, 11) is -2.33. The van der Waals surface area contributed by atoms with E-state index in [-0.39, 0.29) is 43.1 Å². The van der Waals surface area contributed by atoms with E-state index >= 15 is 0 Å². The molecule has 1 unspecified atom stereocenters. The lowest BCUT2D eigenvalue weighted by Gasteiger charge is -2.35. The zero-order chi connectivity index (χ0) is 29.7. The molecule has 9 nitrogen and oxygen atoms in total. The van der Waals surface area contributed by atoms with Crippen molar-refractivity contribution in [2.45, 2.75) is 37.8 Å². The van der Waals surface area contributed by atoms with Gasteiger partial charge in [-0.25, -0.2) is 13.4 Å². The van der Waals surface area contributed by atoms with Crippen molar-refractivity contribution in [3.05, 3.63) is 113 Å². The third-order valence-corrected chi connectivity index (χ3v) is 9.69. The molecule has 1 aromatic heterocycles. The molecule has 1 aliphatic heterocycles. The fourth-order valence-electron chi connectivity index (χ4n) is 5.56. The highest BCUT2D eigenvalue weighted by molar-refractivity contribution is 7.89. The molecule has 1 atom stereocenters. The predicted molar refractivity (Wildman–Crippen MR) is 160 cm³/mol. The molecule has 220 valence electrons. The first-order valence-corrected chi connectivity index (χ1v) is 15.4. The van der Waals surface area contributed by atoms with E-state index in [1.807, 2.05) is 60.7 Å². The maximum absolute atomic E-state index is 14.0. The van der Waals surface area contributed by atoms with Gasteiger partial charge in [0.1, 0.15) is 18.4 Å². The van der Waals surface area contributed by atoms with Gasteiger partial charge in [0, 0.05) is 31.7 Å². The minimum Gasteiger partial charge on any atom is -0.497 e. The minimum atomic E-state index is -3.89. The zero-order valence-corrected chi connectivity index (χ0v) is 24.9. The highest BCUT2D eigenvalue weighted by Gasteiger charge is 2.34. The van der Waals surface area contributed by atoms with Crippen molar-refractivity contribution in [3.63, 3.8) is 0 Å². The Labute approximate surface area is 247 Å². The van der Waals surface area contributed by atoms with Crippen LogP contribution in [0.3, 0.4) is 0 Å². The predicted octanol–water partition coefficient (Wildman–Crippen LogP) is 4.42. The number of aromatic amines is 1. The lowest BCUT2D eigenvalue weighted by molar-refractivity contribution is -0.138. The van der Waals surface area contributed by atoms with Crippen molar-refractivity contribution in [2.24, 2.45) is 0 Å². The average Bonchev–Trinajstić information content (AvgIpc) is 3.47. The number of nitrogens with one attached hydrogen (secondary N) is 1. The number of sulfonamides is 1. The van der Waals surface area contributed by atoms with Crippen molar-refractivity contribution in [1.82, 2.24) is 19.2 Å². The van der Waals surface area contributed by atoms with Crippen LogP contribution in [-0.2, 0) is 32.5 Å². The van der Waals surface area contributed by atoms with Gasteiger partial charge in [0.2, 0.25) is 15.9 Å². The summed E-state index contributed by atoms with van der Waals surface area (Å²) in [6, 6.07) is 22.4. The fraction of sp³-hybridized carbons (Fsp3) is 0.312. The number of benzene rings is 3. The number of hydrogen-bond donors (Lipinski definition) is 1. The van der Waals surface area contributed by atoms with Crippen LogP contribution in [-0.4, -0.2) is 66.9 Å². The molecule has 42 heavy (non-hydrogen) atoms. The second kappa shape index (κ2) is 12.9. The molecule has 0 saturated carbocycles. The molecule has 1 N–H and O–H groups in total. The molecule has 3 aromatic carbocycles. The molecule has 0 saturated heterocycles. The quantitative estimate of drug-likeness (QED) is 0.260. The van der Waals surface area contributed by atoms with Crippen LogP contribution in [0.2, 0.25) is 0 Å². The topological polar surface area (TPSA) is 105 Å². The summed E-state index contributed by atoms with van der Waals surface area (Å²) >= 11 is 0. The van der Waals surface area contributed by atoms with E-state index in [1.165, 1.54) is 4.31 Å². The number of ether oxygens (including phenoxy) is 2. The second-order valence-corrected chi connectivity index (χ2v) is 12.3. The van der Waals surface area contributed by atoms with Crippen LogP contribution in [0.1, 0.15) is 39.7 Å². The number of nitrogens with zero attached hydrogens (tertiary/aromatic N) is 3. The number of hydrogen-bond acceptors (Lipinski definition) is 6. The Morgan fingerprint density at radius 1 is 1.05 bits per heavy atom. The van der Waals surface area contributed by atoms with Gasteiger partial charge in [0.15, 0.2) is 0 Å². The summed E-state index contributed by atoms with van der Waals surface area (Å²) in [6.45, 7) is 4.22. The van der Waals surface area contributed by atoms with Crippen molar-refractivity contribution in [3.8, 4) is 5.75 Å². The van der Waals surface area contributed by atoms with Crippen LogP contribution in [0.4, 0.5) is 0 Å². The molecule has 0 radical (unpaired) electrons. The van der Waals surface area contributed by atoms with E-state index in [4.69, 9.17) is 9.47 Å². The molecule has 0 spiro atoms. The maximum atomic E-state index is 14.0. The Balaban J connectivity index is 1.31. The highest BCUT2D eigenvalue weighted by atomic mass is 32.2. The van der Waals surface area contributed by atoms with E-state index in [9.17, 15) is 13.2 Å². The number of amides is 1. The standard InChI is InChI=1S/C32H36N4O5S/c1-23-18-27(40-3)19-24(2)32(23)42(38,39)35(20-25-10-6-4-7-11-25)16-17-41-21-29(37)36-15-14-28-30(34-22-33-28)31(36)26-12-8-5-9-13-26/h4-13,18-19,22,31H,14-17,20-21H2,1-3H3,(H,33,34). The van der Waals surface area contributed by atoms with E-state index in [0.29, 0.717) is 29.8 Å². The summed E-state index contributed by atoms with van der Waals surface area (Å²) < 4.78 is 40.6. The summed E-state index contributed by atoms with van der Waals surface area (Å²) in [4.78, 5) is 23.2. The van der Waals surface area contributed by atoms with Crippen LogP contribution < -0.4 is 4.74 Å². The molecular formula is C32H36N4O5S. The van der Waals surface area contributed by atoms with Gasteiger partial charge < -0.3 is 19.4 Å². The minimum absolute atomic E-state index is 0.0591. The SMILES string of the molecule is COc1cc(C)c(S(=O)(=O)N(CCOCC(=O)N2CCc3[nH]cnc3C2c2ccccc2)Cc2ccccc2)c(C)c1. The molecule has 0 fully saturated rings. The van der Waals surface area contributed by atoms with Crippen molar-refractivity contribution < 1.29 is 22.7 Å². The first-order valence-electron chi connectivity index (χ1n) is 13.9. The van der Waals surface area contributed by atoms with E-state index in [1.54, 1.807) is 44.3 Å². The van der Waals surface area contributed by atoms with Gasteiger partial charge in [0.25, 0.3) is 0 Å². The lowest BCUT2D eigenvalue weighted by Crippen LogP contribution is -2.43. The Hall–Kier alpha value is -3.99. The molecule has 0 bridgehead atoms. The van der Waals surface area contributed by atoms with Gasteiger partial charge in [-0.1, -0.05) is 60.7 Å². The van der Waals surface area contributed by atoms with Crippen LogP contribution in [0.5, 0.6) is 5.75 Å². The number of carbonyl (C=O) groups is 1. The van der Waals surface area contributed by atoms with Crippen molar-refractivity contribution in [1.29, 1.82) is 0 Å². The Kier molecular flexibility index (Phi) is 9.06. The fourth-order valence-corrected chi connectivity index (χ4v) is 7.39. The van der Waals surface area contributed by atoms with E-state index in [0.717, 1.165) is 22.5 Å². The number of aromatic nitrogens is 2. The maximum Gasteiger partial charge on any atom is 0.249 e. The van der Waals surface area contributed by atoms with Crippen LogP contribution in [0.15, 0.2) is 84.0 Å². The number of aryl methyl sites for hydroxylation is 2. The van der Waals surface area contributed by atoms with Crippen molar-refractivity contribution >= 4 is 15.9 Å². The van der Waals surface area contributed by atoms with Gasteiger partial charge in [0.05, 0.1) is 30.6 Å². The van der Waals surface area contributed by atoms with Crippen LogP contribution in [0, 0.1) is 13.8 Å².